The van der Waals surface area contributed by atoms with Gasteiger partial charge < -0.3 is 20.2 Å². The molecular weight excluding hydrogens is 484 g/mol. The number of aliphatic hydroxyl groups is 1. The zero-order chi connectivity index (χ0) is 23.7. The molecule has 2 aromatic rings. The molecule has 11 heteroatoms. The molecule has 34 heavy (non-hydrogen) atoms. The maximum absolute atomic E-state index is 14.7. The van der Waals surface area contributed by atoms with Gasteiger partial charge in [-0.2, -0.15) is 13.8 Å². The van der Waals surface area contributed by atoms with Crippen LogP contribution in [0.15, 0.2) is 29.2 Å². The van der Waals surface area contributed by atoms with Gasteiger partial charge in [-0.05, 0) is 43.5 Å². The van der Waals surface area contributed by atoms with Crippen LogP contribution in [0.4, 0.5) is 26.2 Å². The monoisotopic (exact) mass is 509 g/mol. The number of alkyl halides is 2. The Hall–Kier alpha value is -2.04. The van der Waals surface area contributed by atoms with Gasteiger partial charge in [-0.3, -0.25) is 4.21 Å². The minimum atomic E-state index is -3.26. The van der Waals surface area contributed by atoms with Crippen molar-refractivity contribution in [1.82, 2.24) is 9.97 Å². The van der Waals surface area contributed by atoms with E-state index in [-0.39, 0.29) is 23.3 Å². The number of benzene rings is 1. The minimum absolute atomic E-state index is 0.0122. The average molecular weight is 510 g/mol. The highest BCUT2D eigenvalue weighted by molar-refractivity contribution is 7.85. The van der Waals surface area contributed by atoms with E-state index in [0.29, 0.717) is 29.9 Å². The van der Waals surface area contributed by atoms with Gasteiger partial charge in [0.2, 0.25) is 5.95 Å². The van der Waals surface area contributed by atoms with Gasteiger partial charge in [0.15, 0.2) is 0 Å². The van der Waals surface area contributed by atoms with Crippen molar-refractivity contribution in [2.24, 2.45) is 11.8 Å². The molecule has 2 saturated heterocycles. The Bertz CT molecular complexity index is 1130. The first-order valence-corrected chi connectivity index (χ1v) is 13.3. The van der Waals surface area contributed by atoms with Crippen LogP contribution in [-0.4, -0.2) is 63.4 Å². The second-order valence-electron chi connectivity index (χ2n) is 9.97. The highest BCUT2D eigenvalue weighted by atomic mass is 35.5. The van der Waals surface area contributed by atoms with Crippen LogP contribution < -0.4 is 15.1 Å². The number of nitrogens with one attached hydrogen (secondary N) is 1. The molecule has 0 spiro atoms. The molecule has 6 rings (SSSR count). The first-order chi connectivity index (χ1) is 16.3. The normalized spacial score (nSPS) is 28.5. The fraction of sp³-hybridized carbons (Fsp3) is 0.565. The van der Waals surface area contributed by atoms with Crippen LogP contribution in [0.1, 0.15) is 25.0 Å². The first kappa shape index (κ1) is 22.4. The predicted octanol–water partition coefficient (Wildman–Crippen LogP) is 3.24. The van der Waals surface area contributed by atoms with Crippen molar-refractivity contribution in [3.05, 3.63) is 35.0 Å². The van der Waals surface area contributed by atoms with E-state index in [1.807, 2.05) is 29.2 Å². The second kappa shape index (κ2) is 7.99. The Kier molecular flexibility index (Phi) is 5.27. The Morgan fingerprint density at radius 2 is 1.74 bits per heavy atom. The van der Waals surface area contributed by atoms with E-state index in [1.165, 1.54) is 0 Å². The highest BCUT2D eigenvalue weighted by Crippen LogP contribution is 2.45. The van der Waals surface area contributed by atoms with Crippen LogP contribution in [0.3, 0.4) is 0 Å². The molecule has 4 aliphatic rings. The summed E-state index contributed by atoms with van der Waals surface area (Å²) in [4.78, 5) is 13.2. The number of hydrogen-bond donors (Lipinski definition) is 2. The zero-order valence-corrected chi connectivity index (χ0v) is 20.1. The third kappa shape index (κ3) is 3.65. The summed E-state index contributed by atoms with van der Waals surface area (Å²) in [6, 6.07) is 7.80. The molecule has 3 aliphatic heterocycles. The molecule has 0 radical (unpaired) electrons. The lowest BCUT2D eigenvalue weighted by Crippen LogP contribution is -2.48. The maximum atomic E-state index is 14.7. The molecule has 0 bridgehead atoms. The number of hydrogen-bond acceptors (Lipinski definition) is 7. The quantitative estimate of drug-likeness (QED) is 0.640. The van der Waals surface area contributed by atoms with E-state index in [1.54, 1.807) is 0 Å². The number of aromatic nitrogens is 2. The van der Waals surface area contributed by atoms with Gasteiger partial charge in [-0.15, -0.1) is 0 Å². The number of halogens is 3. The lowest BCUT2D eigenvalue weighted by atomic mass is 9.77. The molecule has 1 aromatic heterocycles. The van der Waals surface area contributed by atoms with Crippen molar-refractivity contribution in [3.8, 4) is 0 Å². The lowest BCUT2D eigenvalue weighted by Gasteiger charge is -2.41. The van der Waals surface area contributed by atoms with E-state index in [4.69, 9.17) is 11.6 Å². The molecule has 0 amide bonds. The van der Waals surface area contributed by atoms with Crippen molar-refractivity contribution < 1.29 is 18.1 Å². The van der Waals surface area contributed by atoms with Crippen molar-refractivity contribution in [2.75, 3.05) is 53.7 Å². The Morgan fingerprint density at radius 1 is 1.09 bits per heavy atom. The molecule has 1 aliphatic carbocycles. The van der Waals surface area contributed by atoms with Crippen LogP contribution in [-0.2, 0) is 16.7 Å². The number of fused-ring (bicyclic) bond motifs is 2. The van der Waals surface area contributed by atoms with E-state index in [9.17, 15) is 18.1 Å². The molecule has 4 heterocycles. The molecule has 1 saturated carbocycles. The molecule has 7 nitrogen and oxygen atoms in total. The number of nitrogens with zero attached hydrogens (tertiary/aromatic N) is 4. The van der Waals surface area contributed by atoms with E-state index in [0.717, 1.165) is 38.0 Å². The largest absolute Gasteiger partial charge is 0.394 e. The average Bonchev–Trinajstić information content (AvgIpc) is 3.41. The van der Waals surface area contributed by atoms with E-state index in [2.05, 4.69) is 20.2 Å². The van der Waals surface area contributed by atoms with E-state index < -0.39 is 33.7 Å². The fourth-order valence-electron chi connectivity index (χ4n) is 5.63. The predicted molar refractivity (Wildman–Crippen MR) is 127 cm³/mol. The van der Waals surface area contributed by atoms with Crippen molar-refractivity contribution in [2.45, 2.75) is 35.6 Å². The Morgan fingerprint density at radius 3 is 2.32 bits per heavy atom. The highest BCUT2D eigenvalue weighted by Gasteiger charge is 2.50. The molecule has 1 aromatic carbocycles. The van der Waals surface area contributed by atoms with Crippen LogP contribution in [0.2, 0.25) is 5.02 Å². The third-order valence-electron chi connectivity index (χ3n) is 7.70. The standard InChI is InChI=1S/C23H26ClF2N5O2S/c24-16-2-4-17(5-3-16)30-8-14-10-31(11-15(14)9-30)21-27-19-18(34(33)13-23(19,25)26)20(28-21)29-22(12-32)6-1-7-22/h2-5,14-15,32H,1,6-13H2,(H,27,28,29)/t14?,15?,34-/m0/s1. The van der Waals surface area contributed by atoms with Crippen LogP contribution in [0.5, 0.6) is 0 Å². The molecule has 3 atom stereocenters. The smallest absolute Gasteiger partial charge is 0.302 e. The van der Waals surface area contributed by atoms with Gasteiger partial charge in [0.1, 0.15) is 16.4 Å². The zero-order valence-electron chi connectivity index (χ0n) is 18.5. The van der Waals surface area contributed by atoms with Crippen LogP contribution in [0, 0.1) is 11.8 Å². The maximum Gasteiger partial charge on any atom is 0.302 e. The summed E-state index contributed by atoms with van der Waals surface area (Å²) in [5.41, 5.74) is 0.0929. The third-order valence-corrected chi connectivity index (χ3v) is 9.42. The molecule has 2 unspecified atom stereocenters. The Balaban J connectivity index is 1.27. The SMILES string of the molecule is O=[S@]1CC(F)(F)c2nc(N3CC4CN(c5ccc(Cl)cc5)CC4C3)nc(NC3(CO)CCC3)c21. The van der Waals surface area contributed by atoms with Gasteiger partial charge in [0.05, 0.1) is 28.7 Å². The second-order valence-corrected chi connectivity index (χ2v) is 11.8. The van der Waals surface area contributed by atoms with Gasteiger partial charge in [0.25, 0.3) is 0 Å². The van der Waals surface area contributed by atoms with Gasteiger partial charge >= 0.3 is 5.92 Å². The summed E-state index contributed by atoms with van der Waals surface area (Å²) in [5, 5.41) is 13.8. The van der Waals surface area contributed by atoms with Crippen molar-refractivity contribution >= 4 is 39.9 Å². The summed E-state index contributed by atoms with van der Waals surface area (Å²) >= 11 is 6.01. The van der Waals surface area contributed by atoms with Gasteiger partial charge in [-0.25, -0.2) is 4.98 Å². The molecule has 182 valence electrons. The van der Waals surface area contributed by atoms with Crippen molar-refractivity contribution in [1.29, 1.82) is 0 Å². The summed E-state index contributed by atoms with van der Waals surface area (Å²) in [6.45, 7) is 2.96. The van der Waals surface area contributed by atoms with Crippen LogP contribution >= 0.6 is 11.6 Å². The lowest BCUT2D eigenvalue weighted by molar-refractivity contribution is 0.0191. The first-order valence-electron chi connectivity index (χ1n) is 11.6. The fourth-order valence-corrected chi connectivity index (χ4v) is 7.09. The van der Waals surface area contributed by atoms with Crippen molar-refractivity contribution in [3.63, 3.8) is 0 Å². The number of aliphatic hydroxyl groups excluding tert-OH is 1. The number of anilines is 3. The topological polar surface area (TPSA) is 81.6 Å². The number of rotatable bonds is 5. The molecular formula is C23H26ClF2N5O2S. The summed E-state index contributed by atoms with van der Waals surface area (Å²) in [6.07, 6.45) is 2.37. The van der Waals surface area contributed by atoms with E-state index >= 15 is 0 Å². The summed E-state index contributed by atoms with van der Waals surface area (Å²) < 4.78 is 42.1. The molecule has 3 fully saturated rings. The van der Waals surface area contributed by atoms with Crippen LogP contribution in [0.25, 0.3) is 0 Å². The summed E-state index contributed by atoms with van der Waals surface area (Å²) in [5.74, 6) is -2.86. The Labute approximate surface area is 204 Å². The van der Waals surface area contributed by atoms with Gasteiger partial charge in [0, 0.05) is 48.7 Å². The molecule has 2 N–H and O–H groups in total. The minimum Gasteiger partial charge on any atom is -0.394 e. The van der Waals surface area contributed by atoms with Gasteiger partial charge in [-0.1, -0.05) is 11.6 Å². The summed E-state index contributed by atoms with van der Waals surface area (Å²) in [7, 11) is -1.89.